The maximum atomic E-state index is 13.3. The molecule has 3 nitrogen and oxygen atoms in total. The van der Waals surface area contributed by atoms with E-state index in [0.717, 1.165) is 21.4 Å². The highest BCUT2D eigenvalue weighted by Crippen LogP contribution is 2.20. The number of hydrogen-bond donors (Lipinski definition) is 1. The van der Waals surface area contributed by atoms with Crippen molar-refractivity contribution in [3.63, 3.8) is 0 Å². The molecule has 0 aliphatic carbocycles. The highest BCUT2D eigenvalue weighted by Gasteiger charge is 2.13. The van der Waals surface area contributed by atoms with Crippen LogP contribution in [0.2, 0.25) is 0 Å². The quantitative estimate of drug-likeness (QED) is 0.947. The van der Waals surface area contributed by atoms with E-state index in [0.29, 0.717) is 6.42 Å². The van der Waals surface area contributed by atoms with Gasteiger partial charge in [-0.2, -0.15) is 5.10 Å². The Morgan fingerprint density at radius 3 is 2.67 bits per heavy atom. The van der Waals surface area contributed by atoms with Crippen molar-refractivity contribution >= 4 is 15.9 Å². The Morgan fingerprint density at radius 2 is 2.11 bits per heavy atom. The van der Waals surface area contributed by atoms with Gasteiger partial charge in [-0.05, 0) is 43.2 Å². The predicted molar refractivity (Wildman–Crippen MR) is 72.7 cm³/mol. The van der Waals surface area contributed by atoms with Gasteiger partial charge < -0.3 is 5.73 Å². The fraction of sp³-hybridized carbons (Fsp3) is 0.308. The molecule has 0 saturated heterocycles. The van der Waals surface area contributed by atoms with Gasteiger partial charge in [0.15, 0.2) is 0 Å². The van der Waals surface area contributed by atoms with Crippen LogP contribution < -0.4 is 5.73 Å². The van der Waals surface area contributed by atoms with Gasteiger partial charge in [-0.15, -0.1) is 0 Å². The minimum absolute atomic E-state index is 0.190. The molecule has 1 atom stereocenters. The first-order valence-corrected chi connectivity index (χ1v) is 6.46. The third-order valence-electron chi connectivity index (χ3n) is 2.80. The van der Waals surface area contributed by atoms with Gasteiger partial charge in [0.1, 0.15) is 5.82 Å². The van der Waals surface area contributed by atoms with Gasteiger partial charge in [0.05, 0.1) is 17.4 Å². The zero-order valence-corrected chi connectivity index (χ0v) is 11.9. The molecule has 2 rings (SSSR count). The third-order valence-corrected chi connectivity index (χ3v) is 3.25. The predicted octanol–water partition coefficient (Wildman–Crippen LogP) is 2.87. The standard InChI is InChI=1S/C13H15BrFN3/c1-8-3-13(18(2)17-8)12(16)6-9-4-10(14)7-11(15)5-9/h3-5,7,12H,6,16H2,1-2H3. The number of benzene rings is 1. The summed E-state index contributed by atoms with van der Waals surface area (Å²) in [6, 6.07) is 6.59. The molecule has 0 saturated carbocycles. The first-order chi connectivity index (χ1) is 8.45. The van der Waals surface area contributed by atoms with E-state index in [1.807, 2.05) is 26.1 Å². The van der Waals surface area contributed by atoms with E-state index in [1.54, 1.807) is 4.68 Å². The van der Waals surface area contributed by atoms with E-state index in [-0.39, 0.29) is 11.9 Å². The number of aromatic nitrogens is 2. The Morgan fingerprint density at radius 1 is 1.39 bits per heavy atom. The summed E-state index contributed by atoms with van der Waals surface area (Å²) in [6.07, 6.45) is 0.579. The molecule has 0 fully saturated rings. The van der Waals surface area contributed by atoms with E-state index in [9.17, 15) is 4.39 Å². The number of aryl methyl sites for hydroxylation is 2. The molecule has 2 N–H and O–H groups in total. The molecule has 5 heteroatoms. The third kappa shape index (κ3) is 2.97. The first kappa shape index (κ1) is 13.2. The smallest absolute Gasteiger partial charge is 0.124 e. The zero-order valence-electron chi connectivity index (χ0n) is 10.3. The van der Waals surface area contributed by atoms with Crippen molar-refractivity contribution in [2.45, 2.75) is 19.4 Å². The lowest BCUT2D eigenvalue weighted by Crippen LogP contribution is -2.17. The lowest BCUT2D eigenvalue weighted by molar-refractivity contribution is 0.603. The topological polar surface area (TPSA) is 43.8 Å². The Hall–Kier alpha value is -1.20. The maximum Gasteiger partial charge on any atom is 0.124 e. The number of hydrogen-bond acceptors (Lipinski definition) is 2. The zero-order chi connectivity index (χ0) is 13.3. The van der Waals surface area contributed by atoms with E-state index < -0.39 is 0 Å². The van der Waals surface area contributed by atoms with Crippen LogP contribution in [-0.2, 0) is 13.5 Å². The largest absolute Gasteiger partial charge is 0.322 e. The summed E-state index contributed by atoms with van der Waals surface area (Å²) in [5, 5.41) is 4.26. The molecular formula is C13H15BrFN3. The molecule has 0 radical (unpaired) electrons. The summed E-state index contributed by atoms with van der Waals surface area (Å²) in [7, 11) is 1.86. The van der Waals surface area contributed by atoms with E-state index in [4.69, 9.17) is 5.73 Å². The molecule has 0 bridgehead atoms. The minimum atomic E-state index is -0.257. The number of rotatable bonds is 3. The number of nitrogens with two attached hydrogens (primary N) is 1. The van der Waals surface area contributed by atoms with Crippen LogP contribution >= 0.6 is 15.9 Å². The van der Waals surface area contributed by atoms with Crippen LogP contribution in [0.25, 0.3) is 0 Å². The van der Waals surface area contributed by atoms with Gasteiger partial charge in [-0.25, -0.2) is 4.39 Å². The molecule has 0 spiro atoms. The Bertz CT molecular complexity index is 545. The van der Waals surface area contributed by atoms with Crippen LogP contribution in [0.4, 0.5) is 4.39 Å². The second-order valence-electron chi connectivity index (χ2n) is 4.42. The monoisotopic (exact) mass is 311 g/mol. The lowest BCUT2D eigenvalue weighted by Gasteiger charge is -2.12. The molecular weight excluding hydrogens is 297 g/mol. The van der Waals surface area contributed by atoms with E-state index in [2.05, 4.69) is 21.0 Å². The minimum Gasteiger partial charge on any atom is -0.322 e. The van der Waals surface area contributed by atoms with Crippen molar-refractivity contribution in [2.24, 2.45) is 12.8 Å². The second-order valence-corrected chi connectivity index (χ2v) is 5.34. The molecule has 1 aromatic carbocycles. The number of nitrogens with zero attached hydrogens (tertiary/aromatic N) is 2. The van der Waals surface area contributed by atoms with Gasteiger partial charge in [0.25, 0.3) is 0 Å². The van der Waals surface area contributed by atoms with Crippen LogP contribution in [0.5, 0.6) is 0 Å². The highest BCUT2D eigenvalue weighted by molar-refractivity contribution is 9.10. The summed E-state index contributed by atoms with van der Waals surface area (Å²) in [5.74, 6) is -0.257. The summed E-state index contributed by atoms with van der Waals surface area (Å²) >= 11 is 3.28. The van der Waals surface area contributed by atoms with Crippen molar-refractivity contribution in [3.05, 3.63) is 51.5 Å². The molecule has 1 unspecified atom stereocenters. The molecule has 1 aromatic heterocycles. The van der Waals surface area contributed by atoms with Crippen LogP contribution in [0.3, 0.4) is 0 Å². The van der Waals surface area contributed by atoms with Crippen LogP contribution in [0.1, 0.15) is 23.0 Å². The summed E-state index contributed by atoms with van der Waals surface area (Å²) in [4.78, 5) is 0. The van der Waals surface area contributed by atoms with Gasteiger partial charge in [0, 0.05) is 11.5 Å². The van der Waals surface area contributed by atoms with Crippen molar-refractivity contribution in [1.82, 2.24) is 9.78 Å². The Balaban J connectivity index is 2.20. The molecule has 96 valence electrons. The molecule has 0 aliphatic rings. The summed E-state index contributed by atoms with van der Waals surface area (Å²) in [6.45, 7) is 1.93. The fourth-order valence-corrected chi connectivity index (χ4v) is 2.58. The van der Waals surface area contributed by atoms with Crippen molar-refractivity contribution in [3.8, 4) is 0 Å². The van der Waals surface area contributed by atoms with Crippen molar-refractivity contribution in [2.75, 3.05) is 0 Å². The van der Waals surface area contributed by atoms with E-state index >= 15 is 0 Å². The molecule has 0 amide bonds. The Kier molecular flexibility index (Phi) is 3.82. The maximum absolute atomic E-state index is 13.3. The first-order valence-electron chi connectivity index (χ1n) is 5.67. The molecule has 2 aromatic rings. The van der Waals surface area contributed by atoms with Gasteiger partial charge in [-0.3, -0.25) is 4.68 Å². The highest BCUT2D eigenvalue weighted by atomic mass is 79.9. The second kappa shape index (κ2) is 5.20. The van der Waals surface area contributed by atoms with Crippen LogP contribution in [-0.4, -0.2) is 9.78 Å². The van der Waals surface area contributed by atoms with Gasteiger partial charge in [0.2, 0.25) is 0 Å². The molecule has 18 heavy (non-hydrogen) atoms. The normalized spacial score (nSPS) is 12.7. The van der Waals surface area contributed by atoms with Crippen molar-refractivity contribution in [1.29, 1.82) is 0 Å². The van der Waals surface area contributed by atoms with E-state index in [1.165, 1.54) is 12.1 Å². The average Bonchev–Trinajstić information content (AvgIpc) is 2.56. The van der Waals surface area contributed by atoms with Crippen molar-refractivity contribution < 1.29 is 4.39 Å². The summed E-state index contributed by atoms with van der Waals surface area (Å²) < 4.78 is 15.8. The number of halogens is 2. The lowest BCUT2D eigenvalue weighted by atomic mass is 10.0. The Labute approximate surface area is 114 Å². The van der Waals surface area contributed by atoms with Gasteiger partial charge >= 0.3 is 0 Å². The average molecular weight is 312 g/mol. The van der Waals surface area contributed by atoms with Crippen LogP contribution in [0.15, 0.2) is 28.7 Å². The van der Waals surface area contributed by atoms with Gasteiger partial charge in [-0.1, -0.05) is 15.9 Å². The summed E-state index contributed by atoms with van der Waals surface area (Å²) in [5.41, 5.74) is 8.90. The van der Waals surface area contributed by atoms with Crippen LogP contribution in [0, 0.1) is 12.7 Å². The molecule has 1 heterocycles. The SMILES string of the molecule is Cc1cc(C(N)Cc2cc(F)cc(Br)c2)n(C)n1. The fourth-order valence-electron chi connectivity index (χ4n) is 2.06. The molecule has 0 aliphatic heterocycles.